The zero-order chi connectivity index (χ0) is 27.8. The second-order valence-electron chi connectivity index (χ2n) is 11.1. The number of aryl methyl sites for hydroxylation is 1. The van der Waals surface area contributed by atoms with Crippen LogP contribution in [0.4, 0.5) is 4.79 Å². The number of phenolic OH excluding ortho intramolecular Hbond substituents is 1. The maximum absolute atomic E-state index is 14.0. The number of nitrogens with zero attached hydrogens (tertiary/aromatic N) is 1. The van der Waals surface area contributed by atoms with Crippen LogP contribution >= 0.6 is 12.6 Å². The molecule has 1 rings (SSSR count). The number of ether oxygens (including phenoxy) is 1. The van der Waals surface area contributed by atoms with Gasteiger partial charge in [-0.3, -0.25) is 9.59 Å². The molecule has 0 aliphatic carbocycles. The van der Waals surface area contributed by atoms with Crippen molar-refractivity contribution in [3.8, 4) is 5.75 Å². The molecule has 0 heterocycles. The molecule has 0 aliphatic rings. The number of hydrogen-bond acceptors (Lipinski definition) is 6. The summed E-state index contributed by atoms with van der Waals surface area (Å²) in [5, 5.41) is 15.6. The third-order valence-corrected chi connectivity index (χ3v) is 5.92. The summed E-state index contributed by atoms with van der Waals surface area (Å²) in [6.45, 7) is 16.8. The molecule has 3 N–H and O–H groups in total. The van der Waals surface area contributed by atoms with Gasteiger partial charge in [0.1, 0.15) is 23.4 Å². The minimum atomic E-state index is -1.00. The Morgan fingerprint density at radius 1 is 1.06 bits per heavy atom. The van der Waals surface area contributed by atoms with Gasteiger partial charge >= 0.3 is 6.09 Å². The topological polar surface area (TPSA) is 108 Å². The van der Waals surface area contributed by atoms with Crippen LogP contribution in [-0.4, -0.2) is 57.4 Å². The van der Waals surface area contributed by atoms with Crippen molar-refractivity contribution in [2.75, 3.05) is 5.75 Å². The lowest BCUT2D eigenvalue weighted by atomic mass is 9.96. The number of phenols is 1. The van der Waals surface area contributed by atoms with Crippen LogP contribution in [-0.2, 0) is 14.3 Å². The van der Waals surface area contributed by atoms with E-state index in [0.717, 1.165) is 6.42 Å². The number of rotatable bonds is 11. The van der Waals surface area contributed by atoms with Gasteiger partial charge in [-0.2, -0.15) is 12.6 Å². The van der Waals surface area contributed by atoms with E-state index in [1.54, 1.807) is 44.7 Å². The summed E-state index contributed by atoms with van der Waals surface area (Å²) < 4.78 is 5.35. The highest BCUT2D eigenvalue weighted by molar-refractivity contribution is 7.80. The van der Waals surface area contributed by atoms with Crippen molar-refractivity contribution < 1.29 is 24.2 Å². The first-order chi connectivity index (χ1) is 16.6. The standard InChI is InChI=1S/C27H45N3O5S/c1-16(2)10-11-19(6)30(25(33)21(15-36)29-26(34)35-27(7,8)9)23(24(32)28-17(3)4)20-12-13-22(31)18(5)14-20/h12-14,16-17,19,21,23,31,36H,10-11,15H2,1-9H3,(H,28,32)(H,29,34). The zero-order valence-electron chi connectivity index (χ0n) is 23.2. The first-order valence-electron chi connectivity index (χ1n) is 12.6. The average molecular weight is 524 g/mol. The highest BCUT2D eigenvalue weighted by Gasteiger charge is 2.38. The van der Waals surface area contributed by atoms with Gasteiger partial charge in [-0.15, -0.1) is 0 Å². The van der Waals surface area contributed by atoms with E-state index in [-0.39, 0.29) is 29.5 Å². The van der Waals surface area contributed by atoms with Gasteiger partial charge in [-0.1, -0.05) is 19.9 Å². The summed E-state index contributed by atoms with van der Waals surface area (Å²) in [6, 6.07) is 2.45. The van der Waals surface area contributed by atoms with Crippen LogP contribution in [0.3, 0.4) is 0 Å². The summed E-state index contributed by atoms with van der Waals surface area (Å²) in [4.78, 5) is 41.6. The summed E-state index contributed by atoms with van der Waals surface area (Å²) in [5.41, 5.74) is 0.431. The molecule has 1 aromatic rings. The lowest BCUT2D eigenvalue weighted by molar-refractivity contribution is -0.145. The minimum absolute atomic E-state index is 0.0264. The fraction of sp³-hybridized carbons (Fsp3) is 0.667. The first kappa shape index (κ1) is 31.6. The molecule has 0 spiro atoms. The van der Waals surface area contributed by atoms with Crippen LogP contribution in [0.25, 0.3) is 0 Å². The Labute approximate surface area is 222 Å². The second kappa shape index (κ2) is 13.8. The third kappa shape index (κ3) is 9.91. The third-order valence-electron chi connectivity index (χ3n) is 5.56. The zero-order valence-corrected chi connectivity index (χ0v) is 24.1. The number of thiol groups is 1. The van der Waals surface area contributed by atoms with Gasteiger partial charge in [0.15, 0.2) is 0 Å². The summed E-state index contributed by atoms with van der Waals surface area (Å²) in [6.07, 6.45) is 0.786. The Kier molecular flexibility index (Phi) is 12.1. The van der Waals surface area contributed by atoms with E-state index < -0.39 is 29.7 Å². The molecule has 204 valence electrons. The second-order valence-corrected chi connectivity index (χ2v) is 11.4. The number of aromatic hydroxyl groups is 1. The Bertz CT molecular complexity index is 898. The molecule has 3 unspecified atom stereocenters. The fourth-order valence-corrected chi connectivity index (χ4v) is 4.03. The van der Waals surface area contributed by atoms with E-state index >= 15 is 0 Å². The maximum atomic E-state index is 14.0. The van der Waals surface area contributed by atoms with Gasteiger partial charge in [0, 0.05) is 17.8 Å². The summed E-state index contributed by atoms with van der Waals surface area (Å²) >= 11 is 4.33. The number of hydrogen-bond donors (Lipinski definition) is 4. The Morgan fingerprint density at radius 2 is 1.67 bits per heavy atom. The largest absolute Gasteiger partial charge is 0.508 e. The number of benzene rings is 1. The molecule has 0 aromatic heterocycles. The van der Waals surface area contributed by atoms with E-state index in [1.165, 1.54) is 6.07 Å². The highest BCUT2D eigenvalue weighted by atomic mass is 32.1. The average Bonchev–Trinajstić information content (AvgIpc) is 2.73. The van der Waals surface area contributed by atoms with E-state index in [0.29, 0.717) is 23.5 Å². The van der Waals surface area contributed by atoms with Crippen molar-refractivity contribution in [3.05, 3.63) is 29.3 Å². The fourth-order valence-electron chi connectivity index (χ4n) is 3.78. The van der Waals surface area contributed by atoms with Crippen molar-refractivity contribution in [2.24, 2.45) is 5.92 Å². The van der Waals surface area contributed by atoms with Gasteiger partial charge in [0.25, 0.3) is 0 Å². The van der Waals surface area contributed by atoms with Crippen LogP contribution in [0.15, 0.2) is 18.2 Å². The summed E-state index contributed by atoms with van der Waals surface area (Å²) in [7, 11) is 0. The van der Waals surface area contributed by atoms with Crippen molar-refractivity contribution in [1.82, 2.24) is 15.5 Å². The van der Waals surface area contributed by atoms with E-state index in [9.17, 15) is 19.5 Å². The Hall–Kier alpha value is -2.42. The van der Waals surface area contributed by atoms with Crippen molar-refractivity contribution in [2.45, 2.75) is 105 Å². The lowest BCUT2D eigenvalue weighted by Gasteiger charge is -2.39. The molecule has 3 amide bonds. The number of carbonyl (C=O) groups is 3. The van der Waals surface area contributed by atoms with E-state index in [4.69, 9.17) is 4.74 Å². The Morgan fingerprint density at radius 3 is 2.14 bits per heavy atom. The van der Waals surface area contributed by atoms with Crippen LogP contribution in [0, 0.1) is 12.8 Å². The smallest absolute Gasteiger partial charge is 0.408 e. The van der Waals surface area contributed by atoms with Crippen LogP contribution < -0.4 is 10.6 Å². The molecule has 8 nitrogen and oxygen atoms in total. The van der Waals surface area contributed by atoms with Crippen molar-refractivity contribution in [3.63, 3.8) is 0 Å². The molecule has 9 heteroatoms. The van der Waals surface area contributed by atoms with E-state index in [1.807, 2.05) is 20.8 Å². The predicted molar refractivity (Wildman–Crippen MR) is 146 cm³/mol. The molecule has 0 radical (unpaired) electrons. The van der Waals surface area contributed by atoms with Crippen LogP contribution in [0.2, 0.25) is 0 Å². The minimum Gasteiger partial charge on any atom is -0.508 e. The SMILES string of the molecule is Cc1cc(C(C(=O)NC(C)C)N(C(=O)C(CS)NC(=O)OC(C)(C)C)C(C)CCC(C)C)ccc1O. The number of carbonyl (C=O) groups excluding carboxylic acids is 3. The lowest BCUT2D eigenvalue weighted by Crippen LogP contribution is -2.56. The van der Waals surface area contributed by atoms with Crippen molar-refractivity contribution in [1.29, 1.82) is 0 Å². The predicted octanol–water partition coefficient (Wildman–Crippen LogP) is 4.74. The molecular formula is C27H45N3O5S. The van der Waals surface area contributed by atoms with Gasteiger partial charge in [0.05, 0.1) is 0 Å². The number of amides is 3. The van der Waals surface area contributed by atoms with Gasteiger partial charge in [0.2, 0.25) is 11.8 Å². The summed E-state index contributed by atoms with van der Waals surface area (Å²) in [5.74, 6) is -0.230. The molecule has 0 saturated carbocycles. The molecule has 1 aromatic carbocycles. The monoisotopic (exact) mass is 523 g/mol. The first-order valence-corrected chi connectivity index (χ1v) is 13.2. The van der Waals surface area contributed by atoms with E-state index in [2.05, 4.69) is 37.1 Å². The molecule has 36 heavy (non-hydrogen) atoms. The van der Waals surface area contributed by atoms with Crippen molar-refractivity contribution >= 4 is 30.5 Å². The van der Waals surface area contributed by atoms with Crippen LogP contribution in [0.1, 0.15) is 85.4 Å². The molecule has 0 fully saturated rings. The normalized spacial score (nSPS) is 14.2. The highest BCUT2D eigenvalue weighted by Crippen LogP contribution is 2.30. The Balaban J connectivity index is 3.56. The van der Waals surface area contributed by atoms with Gasteiger partial charge in [-0.25, -0.2) is 4.79 Å². The quantitative estimate of drug-likeness (QED) is 0.313. The van der Waals surface area contributed by atoms with Gasteiger partial charge < -0.3 is 25.4 Å². The van der Waals surface area contributed by atoms with Crippen LogP contribution in [0.5, 0.6) is 5.75 Å². The molecular weight excluding hydrogens is 478 g/mol. The maximum Gasteiger partial charge on any atom is 0.408 e. The molecule has 0 aliphatic heterocycles. The van der Waals surface area contributed by atoms with Gasteiger partial charge in [-0.05, 0) is 90.5 Å². The molecule has 0 bridgehead atoms. The number of alkyl carbamates (subject to hydrolysis) is 1. The molecule has 0 saturated heterocycles. The molecule has 3 atom stereocenters. The number of nitrogens with one attached hydrogen (secondary N) is 2.